The molecule has 4 nitrogen and oxygen atoms in total. The van der Waals surface area contributed by atoms with E-state index in [4.69, 9.17) is 34.8 Å². The Labute approximate surface area is 148 Å². The Morgan fingerprint density at radius 3 is 2.30 bits per heavy atom. The molecule has 23 heavy (non-hydrogen) atoms. The van der Waals surface area contributed by atoms with E-state index in [0.717, 1.165) is 5.69 Å². The van der Waals surface area contributed by atoms with Crippen molar-refractivity contribution < 1.29 is 0 Å². The van der Waals surface area contributed by atoms with Crippen LogP contribution in [0.25, 0.3) is 0 Å². The van der Waals surface area contributed by atoms with Crippen LogP contribution in [-0.2, 0) is 0 Å². The number of nitrogens with one attached hydrogen (secondary N) is 2. The topological polar surface area (TPSA) is 49.8 Å². The third-order valence-electron chi connectivity index (χ3n) is 2.95. The van der Waals surface area contributed by atoms with Gasteiger partial charge in [-0.25, -0.2) is 4.98 Å². The average Bonchev–Trinajstić information content (AvgIpc) is 2.54. The first-order valence-electron chi connectivity index (χ1n) is 6.68. The molecule has 3 aromatic rings. The van der Waals surface area contributed by atoms with E-state index in [1.54, 1.807) is 42.6 Å². The van der Waals surface area contributed by atoms with Gasteiger partial charge in [0.2, 0.25) is 5.95 Å². The van der Waals surface area contributed by atoms with E-state index in [-0.39, 0.29) is 0 Å². The zero-order valence-corrected chi connectivity index (χ0v) is 14.0. The lowest BCUT2D eigenvalue weighted by Crippen LogP contribution is -2.00. The number of hydrogen-bond acceptors (Lipinski definition) is 4. The van der Waals surface area contributed by atoms with Gasteiger partial charge in [-0.2, -0.15) is 4.98 Å². The fraction of sp³-hybridized carbons (Fsp3) is 0. The second-order valence-corrected chi connectivity index (χ2v) is 5.93. The molecule has 1 aromatic heterocycles. The molecule has 0 saturated carbocycles. The minimum atomic E-state index is 0.454. The predicted molar refractivity (Wildman–Crippen MR) is 96.5 cm³/mol. The van der Waals surface area contributed by atoms with Crippen LogP contribution in [-0.4, -0.2) is 9.97 Å². The molecule has 2 aromatic carbocycles. The standard InChI is InChI=1S/C16H11Cl3N4/c17-10-1-4-12(5-2-10)21-16-20-8-7-15(23-16)22-14-9-11(18)3-6-13(14)19/h1-9H,(H2,20,21,22,23). The number of hydrogen-bond donors (Lipinski definition) is 2. The summed E-state index contributed by atoms with van der Waals surface area (Å²) in [7, 11) is 0. The van der Waals surface area contributed by atoms with Gasteiger partial charge in [0.1, 0.15) is 5.82 Å². The summed E-state index contributed by atoms with van der Waals surface area (Å²) in [4.78, 5) is 8.57. The van der Waals surface area contributed by atoms with Crippen molar-refractivity contribution in [1.82, 2.24) is 9.97 Å². The highest BCUT2D eigenvalue weighted by molar-refractivity contribution is 6.35. The Hall–Kier alpha value is -2.01. The molecule has 0 fully saturated rings. The molecular weight excluding hydrogens is 355 g/mol. The Morgan fingerprint density at radius 1 is 0.783 bits per heavy atom. The highest BCUT2D eigenvalue weighted by atomic mass is 35.5. The zero-order valence-electron chi connectivity index (χ0n) is 11.7. The maximum atomic E-state index is 6.14. The maximum absolute atomic E-state index is 6.14. The third-order valence-corrected chi connectivity index (χ3v) is 3.76. The Morgan fingerprint density at radius 2 is 1.52 bits per heavy atom. The van der Waals surface area contributed by atoms with Gasteiger partial charge in [0.25, 0.3) is 0 Å². The minimum Gasteiger partial charge on any atom is -0.339 e. The van der Waals surface area contributed by atoms with Gasteiger partial charge in [0, 0.05) is 21.9 Å². The van der Waals surface area contributed by atoms with E-state index >= 15 is 0 Å². The molecule has 0 amide bonds. The van der Waals surface area contributed by atoms with Crippen molar-refractivity contribution >= 4 is 57.9 Å². The molecule has 0 aliphatic carbocycles. The normalized spacial score (nSPS) is 10.4. The second-order valence-electron chi connectivity index (χ2n) is 4.65. The van der Waals surface area contributed by atoms with Crippen LogP contribution in [0.4, 0.5) is 23.1 Å². The molecule has 0 saturated heterocycles. The van der Waals surface area contributed by atoms with E-state index in [0.29, 0.717) is 32.5 Å². The quantitative estimate of drug-likeness (QED) is 0.602. The number of rotatable bonds is 4. The maximum Gasteiger partial charge on any atom is 0.229 e. The number of anilines is 4. The van der Waals surface area contributed by atoms with Crippen molar-refractivity contribution in [1.29, 1.82) is 0 Å². The molecule has 116 valence electrons. The summed E-state index contributed by atoms with van der Waals surface area (Å²) in [5.74, 6) is 1.05. The molecule has 0 spiro atoms. The van der Waals surface area contributed by atoms with Gasteiger partial charge < -0.3 is 10.6 Å². The van der Waals surface area contributed by atoms with Crippen molar-refractivity contribution in [3.05, 3.63) is 69.8 Å². The molecule has 0 aliphatic rings. The minimum absolute atomic E-state index is 0.454. The van der Waals surface area contributed by atoms with Gasteiger partial charge in [0.15, 0.2) is 0 Å². The van der Waals surface area contributed by atoms with Gasteiger partial charge in [0.05, 0.1) is 10.7 Å². The van der Waals surface area contributed by atoms with E-state index in [1.165, 1.54) is 0 Å². The van der Waals surface area contributed by atoms with Crippen molar-refractivity contribution in [3.8, 4) is 0 Å². The lowest BCUT2D eigenvalue weighted by atomic mass is 10.3. The summed E-state index contributed by atoms with van der Waals surface area (Å²) in [5, 5.41) is 8.04. The van der Waals surface area contributed by atoms with Crippen molar-refractivity contribution in [2.75, 3.05) is 10.6 Å². The van der Waals surface area contributed by atoms with E-state index in [1.807, 2.05) is 12.1 Å². The number of benzene rings is 2. The monoisotopic (exact) mass is 364 g/mol. The zero-order chi connectivity index (χ0) is 16.2. The summed E-state index contributed by atoms with van der Waals surface area (Å²) in [6.45, 7) is 0. The van der Waals surface area contributed by atoms with Gasteiger partial charge in [-0.05, 0) is 48.5 Å². The van der Waals surface area contributed by atoms with Crippen molar-refractivity contribution in [2.45, 2.75) is 0 Å². The molecule has 0 radical (unpaired) electrons. The summed E-state index contributed by atoms with van der Waals surface area (Å²) in [5.41, 5.74) is 1.52. The smallest absolute Gasteiger partial charge is 0.229 e. The number of halogens is 3. The molecule has 0 atom stereocenters. The molecule has 0 aliphatic heterocycles. The third kappa shape index (κ3) is 4.26. The van der Waals surface area contributed by atoms with E-state index < -0.39 is 0 Å². The lowest BCUT2D eigenvalue weighted by Gasteiger charge is -2.10. The first-order chi connectivity index (χ1) is 11.1. The number of aromatic nitrogens is 2. The second kappa shape index (κ2) is 7.04. The van der Waals surface area contributed by atoms with Gasteiger partial charge in [-0.15, -0.1) is 0 Å². The van der Waals surface area contributed by atoms with Crippen molar-refractivity contribution in [3.63, 3.8) is 0 Å². The summed E-state index contributed by atoms with van der Waals surface area (Å²) in [6, 6.07) is 14.2. The molecular formula is C16H11Cl3N4. The van der Waals surface area contributed by atoms with Crippen LogP contribution >= 0.6 is 34.8 Å². The van der Waals surface area contributed by atoms with Crippen LogP contribution < -0.4 is 10.6 Å². The fourth-order valence-corrected chi connectivity index (χ4v) is 2.35. The Kier molecular flexibility index (Phi) is 4.86. The highest BCUT2D eigenvalue weighted by Gasteiger charge is 2.05. The first-order valence-corrected chi connectivity index (χ1v) is 7.81. The predicted octanol–water partition coefficient (Wildman–Crippen LogP) is 5.92. The highest BCUT2D eigenvalue weighted by Crippen LogP contribution is 2.28. The molecule has 7 heteroatoms. The molecule has 1 heterocycles. The van der Waals surface area contributed by atoms with Crippen LogP contribution in [0.5, 0.6) is 0 Å². The summed E-state index contributed by atoms with van der Waals surface area (Å²) >= 11 is 18.0. The molecule has 0 unspecified atom stereocenters. The molecule has 0 bridgehead atoms. The SMILES string of the molecule is Clc1ccc(Nc2nccc(Nc3cc(Cl)ccc3Cl)n2)cc1. The largest absolute Gasteiger partial charge is 0.339 e. The lowest BCUT2D eigenvalue weighted by molar-refractivity contribution is 1.17. The van der Waals surface area contributed by atoms with Gasteiger partial charge in [-0.1, -0.05) is 34.8 Å². The van der Waals surface area contributed by atoms with E-state index in [2.05, 4.69) is 20.6 Å². The summed E-state index contributed by atoms with van der Waals surface area (Å²) in [6.07, 6.45) is 1.64. The van der Waals surface area contributed by atoms with Crippen LogP contribution in [0.15, 0.2) is 54.7 Å². The van der Waals surface area contributed by atoms with Crippen LogP contribution in [0, 0.1) is 0 Å². The summed E-state index contributed by atoms with van der Waals surface area (Å²) < 4.78 is 0. The van der Waals surface area contributed by atoms with Gasteiger partial charge in [-0.3, -0.25) is 0 Å². The average molecular weight is 366 g/mol. The van der Waals surface area contributed by atoms with Crippen LogP contribution in [0.1, 0.15) is 0 Å². The first kappa shape index (κ1) is 15.9. The number of nitrogens with zero attached hydrogens (tertiary/aromatic N) is 2. The van der Waals surface area contributed by atoms with Gasteiger partial charge >= 0.3 is 0 Å². The Balaban J connectivity index is 1.79. The Bertz CT molecular complexity index is 822. The van der Waals surface area contributed by atoms with Crippen molar-refractivity contribution in [2.24, 2.45) is 0 Å². The molecule has 3 rings (SSSR count). The fourth-order valence-electron chi connectivity index (χ4n) is 1.88. The van der Waals surface area contributed by atoms with Crippen LogP contribution in [0.2, 0.25) is 15.1 Å². The molecule has 2 N–H and O–H groups in total. The van der Waals surface area contributed by atoms with Crippen LogP contribution in [0.3, 0.4) is 0 Å². The van der Waals surface area contributed by atoms with E-state index in [9.17, 15) is 0 Å².